The zero-order valence-corrected chi connectivity index (χ0v) is 13.7. The molecule has 0 unspecified atom stereocenters. The van der Waals surface area contributed by atoms with Crippen molar-refractivity contribution in [3.05, 3.63) is 53.3 Å². The molecule has 25 heavy (non-hydrogen) atoms. The van der Waals surface area contributed by atoms with E-state index in [9.17, 15) is 13.2 Å². The summed E-state index contributed by atoms with van der Waals surface area (Å²) < 4.78 is 39.6. The summed E-state index contributed by atoms with van der Waals surface area (Å²) >= 11 is 5.67. The Morgan fingerprint density at radius 2 is 1.84 bits per heavy atom. The number of halogens is 4. The first-order valence-corrected chi connectivity index (χ1v) is 7.49. The van der Waals surface area contributed by atoms with Crippen molar-refractivity contribution in [1.82, 2.24) is 24.5 Å². The Labute approximate surface area is 145 Å². The fourth-order valence-corrected chi connectivity index (χ4v) is 2.31. The van der Waals surface area contributed by atoms with Crippen molar-refractivity contribution < 1.29 is 13.2 Å². The molecule has 0 saturated heterocycles. The van der Waals surface area contributed by atoms with E-state index in [4.69, 9.17) is 11.6 Å². The summed E-state index contributed by atoms with van der Waals surface area (Å²) in [6, 6.07) is 6.99. The average molecular weight is 369 g/mol. The predicted molar refractivity (Wildman–Crippen MR) is 85.8 cm³/mol. The summed E-state index contributed by atoms with van der Waals surface area (Å²) in [4.78, 5) is 15.2. The Bertz CT molecular complexity index is 876. The molecule has 10 heteroatoms. The molecule has 130 valence electrons. The largest absolute Gasteiger partial charge is 0.434 e. The smallest absolute Gasteiger partial charge is 0.350 e. The minimum Gasteiger partial charge on any atom is -0.350 e. The number of imidazole rings is 1. The maximum atomic E-state index is 12.7. The van der Waals surface area contributed by atoms with Crippen molar-refractivity contribution in [2.45, 2.75) is 12.7 Å². The molecule has 0 aliphatic rings. The normalized spacial score (nSPS) is 11.6. The van der Waals surface area contributed by atoms with Crippen LogP contribution in [0, 0.1) is 0 Å². The molecule has 6 nitrogen and oxygen atoms in total. The summed E-state index contributed by atoms with van der Waals surface area (Å²) in [5.41, 5.74) is 0.568. The Kier molecular flexibility index (Phi) is 4.58. The van der Waals surface area contributed by atoms with Gasteiger partial charge in [0, 0.05) is 25.4 Å². The standard InChI is InChI=1S/C15H12ClF3N6/c1-25-7-11(15(17,18)19)23-12(25)10-4-2-9(3-5-10)6-20-14-22-8-21-13(16)24-14/h2-5,7-8H,6H2,1H3,(H,20,21,22,24). The number of nitrogens with one attached hydrogen (secondary N) is 1. The SMILES string of the molecule is Cn1cc(C(F)(F)F)nc1-c1ccc(CNc2ncnc(Cl)n2)cc1. The average Bonchev–Trinajstić information content (AvgIpc) is 2.96. The van der Waals surface area contributed by atoms with Crippen LogP contribution in [0.2, 0.25) is 5.28 Å². The Hall–Kier alpha value is -2.68. The molecular weight excluding hydrogens is 357 g/mol. The first-order chi connectivity index (χ1) is 11.8. The third-order valence-corrected chi connectivity index (χ3v) is 3.55. The van der Waals surface area contributed by atoms with Crippen LogP contribution in [0.3, 0.4) is 0 Å². The molecule has 0 amide bonds. The van der Waals surface area contributed by atoms with Crippen LogP contribution in [0.4, 0.5) is 19.1 Å². The van der Waals surface area contributed by atoms with Gasteiger partial charge >= 0.3 is 6.18 Å². The van der Waals surface area contributed by atoms with Crippen molar-refractivity contribution >= 4 is 17.5 Å². The number of hydrogen-bond donors (Lipinski definition) is 1. The summed E-state index contributed by atoms with van der Waals surface area (Å²) in [6.45, 7) is 0.426. The molecule has 0 aliphatic heterocycles. The van der Waals surface area contributed by atoms with Crippen LogP contribution in [-0.2, 0) is 19.8 Å². The number of nitrogens with zero attached hydrogens (tertiary/aromatic N) is 5. The molecule has 0 bridgehead atoms. The highest BCUT2D eigenvalue weighted by molar-refractivity contribution is 6.28. The third-order valence-electron chi connectivity index (χ3n) is 3.37. The molecular formula is C15H12ClF3N6. The van der Waals surface area contributed by atoms with Gasteiger partial charge in [0.25, 0.3) is 0 Å². The topological polar surface area (TPSA) is 68.5 Å². The fraction of sp³-hybridized carbons (Fsp3) is 0.200. The van der Waals surface area contributed by atoms with Gasteiger partial charge < -0.3 is 9.88 Å². The number of alkyl halides is 3. The van der Waals surface area contributed by atoms with E-state index >= 15 is 0 Å². The molecule has 3 rings (SSSR count). The highest BCUT2D eigenvalue weighted by Gasteiger charge is 2.34. The van der Waals surface area contributed by atoms with Crippen molar-refractivity contribution in [2.75, 3.05) is 5.32 Å². The molecule has 0 fully saturated rings. The number of hydrogen-bond acceptors (Lipinski definition) is 5. The van der Waals surface area contributed by atoms with Gasteiger partial charge in [-0.2, -0.15) is 18.2 Å². The van der Waals surface area contributed by atoms with Crippen molar-refractivity contribution in [1.29, 1.82) is 0 Å². The second kappa shape index (κ2) is 6.67. The van der Waals surface area contributed by atoms with Crippen LogP contribution in [0.5, 0.6) is 0 Å². The number of anilines is 1. The van der Waals surface area contributed by atoms with Crippen LogP contribution in [0.15, 0.2) is 36.8 Å². The second-order valence-corrected chi connectivity index (χ2v) is 5.53. The van der Waals surface area contributed by atoms with Gasteiger partial charge in [-0.05, 0) is 17.2 Å². The van der Waals surface area contributed by atoms with E-state index in [0.717, 1.165) is 11.8 Å². The van der Waals surface area contributed by atoms with Crippen molar-refractivity contribution in [2.24, 2.45) is 7.05 Å². The molecule has 2 aromatic heterocycles. The molecule has 0 radical (unpaired) electrons. The molecule has 1 aromatic carbocycles. The Morgan fingerprint density at radius 3 is 2.44 bits per heavy atom. The number of aromatic nitrogens is 5. The van der Waals surface area contributed by atoms with Gasteiger partial charge in [-0.25, -0.2) is 15.0 Å². The lowest BCUT2D eigenvalue weighted by Gasteiger charge is -2.06. The first kappa shape index (κ1) is 17.2. The minimum absolute atomic E-state index is 0.0862. The van der Waals surface area contributed by atoms with Gasteiger partial charge in [-0.1, -0.05) is 24.3 Å². The minimum atomic E-state index is -4.47. The van der Waals surface area contributed by atoms with Crippen LogP contribution in [0.1, 0.15) is 11.3 Å². The summed E-state index contributed by atoms with van der Waals surface area (Å²) in [6.07, 6.45) is -2.21. The summed E-state index contributed by atoms with van der Waals surface area (Å²) in [5.74, 6) is 0.582. The Morgan fingerprint density at radius 1 is 1.12 bits per heavy atom. The number of benzene rings is 1. The Balaban J connectivity index is 1.73. The maximum absolute atomic E-state index is 12.7. The summed E-state index contributed by atoms with van der Waals surface area (Å²) in [5, 5.41) is 3.07. The van der Waals surface area contributed by atoms with Crippen LogP contribution in [0.25, 0.3) is 11.4 Å². The lowest BCUT2D eigenvalue weighted by atomic mass is 10.1. The maximum Gasteiger partial charge on any atom is 0.434 e. The van der Waals surface area contributed by atoms with Crippen molar-refractivity contribution in [3.63, 3.8) is 0 Å². The second-order valence-electron chi connectivity index (χ2n) is 5.19. The molecule has 0 spiro atoms. The van der Waals surface area contributed by atoms with Crippen LogP contribution < -0.4 is 5.32 Å². The van der Waals surface area contributed by atoms with Gasteiger partial charge in [-0.15, -0.1) is 0 Å². The van der Waals surface area contributed by atoms with Gasteiger partial charge in [0.2, 0.25) is 11.2 Å². The lowest BCUT2D eigenvalue weighted by molar-refractivity contribution is -0.140. The van der Waals surface area contributed by atoms with Gasteiger partial charge in [-0.3, -0.25) is 0 Å². The number of rotatable bonds is 4. The van der Waals surface area contributed by atoms with E-state index in [1.54, 1.807) is 24.3 Å². The van der Waals surface area contributed by atoms with E-state index in [1.165, 1.54) is 17.9 Å². The lowest BCUT2D eigenvalue weighted by Crippen LogP contribution is -2.05. The zero-order valence-electron chi connectivity index (χ0n) is 12.9. The van der Waals surface area contributed by atoms with Crippen LogP contribution in [-0.4, -0.2) is 24.5 Å². The molecule has 1 N–H and O–H groups in total. The molecule has 3 aromatic rings. The van der Waals surface area contributed by atoms with E-state index in [1.807, 2.05) is 0 Å². The van der Waals surface area contributed by atoms with Crippen molar-refractivity contribution in [3.8, 4) is 11.4 Å². The molecule has 0 atom stereocenters. The van der Waals surface area contributed by atoms with Crippen LogP contribution >= 0.6 is 11.6 Å². The quantitative estimate of drug-likeness (QED) is 0.762. The van der Waals surface area contributed by atoms with E-state index in [-0.39, 0.29) is 11.1 Å². The zero-order chi connectivity index (χ0) is 18.0. The van der Waals surface area contributed by atoms with Gasteiger partial charge in [0.05, 0.1) is 0 Å². The van der Waals surface area contributed by atoms with Gasteiger partial charge in [0.15, 0.2) is 5.69 Å². The highest BCUT2D eigenvalue weighted by Crippen LogP contribution is 2.30. The summed E-state index contributed by atoms with van der Waals surface area (Å²) in [7, 11) is 1.53. The van der Waals surface area contributed by atoms with Gasteiger partial charge in [0.1, 0.15) is 12.2 Å². The molecule has 0 saturated carbocycles. The molecule has 0 aliphatic carbocycles. The van der Waals surface area contributed by atoms with E-state index in [0.29, 0.717) is 18.1 Å². The number of aryl methyl sites for hydroxylation is 1. The monoisotopic (exact) mass is 368 g/mol. The predicted octanol–water partition coefficient (Wildman–Crippen LogP) is 3.56. The first-order valence-electron chi connectivity index (χ1n) is 7.11. The van der Waals surface area contributed by atoms with E-state index in [2.05, 4.69) is 25.3 Å². The fourth-order valence-electron chi connectivity index (χ4n) is 2.19. The van der Waals surface area contributed by atoms with E-state index < -0.39 is 11.9 Å². The highest BCUT2D eigenvalue weighted by atomic mass is 35.5. The third kappa shape index (κ3) is 4.05. The molecule has 2 heterocycles.